The van der Waals surface area contributed by atoms with E-state index < -0.39 is 4.92 Å². The molecule has 0 atom stereocenters. The van der Waals surface area contributed by atoms with Gasteiger partial charge in [0.05, 0.1) is 10.6 Å². The third-order valence-electron chi connectivity index (χ3n) is 2.92. The predicted octanol–water partition coefficient (Wildman–Crippen LogP) is 4.27. The topological polar surface area (TPSA) is 75.7 Å². The van der Waals surface area contributed by atoms with Gasteiger partial charge in [0.2, 0.25) is 0 Å². The van der Waals surface area contributed by atoms with Crippen LogP contribution in [0.15, 0.2) is 53.5 Å². The van der Waals surface area contributed by atoms with Crippen LogP contribution in [0.2, 0.25) is 0 Å². The van der Waals surface area contributed by atoms with Gasteiger partial charge in [0.15, 0.2) is 0 Å². The number of nitro benzene ring substituents is 1. The quantitative estimate of drug-likeness (QED) is 0.446. The van der Waals surface area contributed by atoms with Crippen molar-refractivity contribution in [2.75, 3.05) is 0 Å². The molecule has 104 valence electrons. The molecule has 0 unspecified atom stereocenters. The molecule has 0 amide bonds. The van der Waals surface area contributed by atoms with E-state index in [-0.39, 0.29) is 11.4 Å². The van der Waals surface area contributed by atoms with Gasteiger partial charge in [-0.05, 0) is 41.8 Å². The molecule has 1 N–H and O–H groups in total. The molecule has 1 aromatic heterocycles. The van der Waals surface area contributed by atoms with E-state index in [1.165, 1.54) is 17.4 Å². The first-order valence-electron chi connectivity index (χ1n) is 6.13. The van der Waals surface area contributed by atoms with E-state index in [1.54, 1.807) is 42.6 Å². The summed E-state index contributed by atoms with van der Waals surface area (Å²) in [5.74, 6) is 0.197. The standard InChI is InChI=1S/C15H10N2O3S/c18-13-4-1-11(2-5-13)16-9-14-8-10-7-12(17(19)20)3-6-15(10)21-14/h1-9,18H. The summed E-state index contributed by atoms with van der Waals surface area (Å²) in [5.41, 5.74) is 0.818. The molecule has 0 saturated heterocycles. The smallest absolute Gasteiger partial charge is 0.270 e. The second-order valence-electron chi connectivity index (χ2n) is 4.40. The number of phenolic OH excluding ortho intramolecular Hbond substituents is 1. The van der Waals surface area contributed by atoms with E-state index in [9.17, 15) is 15.2 Å². The van der Waals surface area contributed by atoms with Crippen LogP contribution in [0.5, 0.6) is 5.75 Å². The Balaban J connectivity index is 1.90. The van der Waals surface area contributed by atoms with Crippen LogP contribution < -0.4 is 0 Å². The number of hydrogen-bond acceptors (Lipinski definition) is 5. The van der Waals surface area contributed by atoms with Crippen LogP contribution in [-0.2, 0) is 0 Å². The lowest BCUT2D eigenvalue weighted by Crippen LogP contribution is -1.85. The number of thiophene rings is 1. The normalized spacial score (nSPS) is 11.2. The number of non-ortho nitro benzene ring substituents is 1. The first kappa shape index (κ1) is 13.3. The van der Waals surface area contributed by atoms with Gasteiger partial charge in [-0.15, -0.1) is 11.3 Å². The highest BCUT2D eigenvalue weighted by molar-refractivity contribution is 7.20. The highest BCUT2D eigenvalue weighted by Gasteiger charge is 2.08. The van der Waals surface area contributed by atoms with Gasteiger partial charge in [0, 0.05) is 27.9 Å². The first-order valence-corrected chi connectivity index (χ1v) is 6.94. The maximum Gasteiger partial charge on any atom is 0.270 e. The molecule has 0 fully saturated rings. The van der Waals surface area contributed by atoms with E-state index >= 15 is 0 Å². The van der Waals surface area contributed by atoms with E-state index in [1.807, 2.05) is 6.07 Å². The molecule has 21 heavy (non-hydrogen) atoms. The average molecular weight is 298 g/mol. The van der Waals surface area contributed by atoms with Gasteiger partial charge in [0.25, 0.3) is 5.69 Å². The molecule has 6 heteroatoms. The Kier molecular flexibility index (Phi) is 3.37. The van der Waals surface area contributed by atoms with Crippen molar-refractivity contribution < 1.29 is 10.0 Å². The fourth-order valence-electron chi connectivity index (χ4n) is 1.91. The molecule has 1 heterocycles. The fourth-order valence-corrected chi connectivity index (χ4v) is 2.82. The molecule has 0 aliphatic carbocycles. The highest BCUT2D eigenvalue weighted by Crippen LogP contribution is 2.28. The summed E-state index contributed by atoms with van der Waals surface area (Å²) in [6.07, 6.45) is 1.71. The van der Waals surface area contributed by atoms with E-state index in [2.05, 4.69) is 4.99 Å². The third kappa shape index (κ3) is 2.90. The molecule has 0 bridgehead atoms. The number of fused-ring (bicyclic) bond motifs is 1. The Hall–Kier alpha value is -2.73. The van der Waals surface area contributed by atoms with Crippen molar-refractivity contribution in [1.82, 2.24) is 0 Å². The van der Waals surface area contributed by atoms with Crippen molar-refractivity contribution in [3.63, 3.8) is 0 Å². The van der Waals surface area contributed by atoms with Crippen molar-refractivity contribution >= 4 is 39.0 Å². The molecule has 0 saturated carbocycles. The summed E-state index contributed by atoms with van der Waals surface area (Å²) >= 11 is 1.52. The van der Waals surface area contributed by atoms with Gasteiger partial charge in [-0.1, -0.05) is 0 Å². The lowest BCUT2D eigenvalue weighted by atomic mass is 10.2. The zero-order valence-electron chi connectivity index (χ0n) is 10.8. The number of aromatic hydroxyl groups is 1. The fraction of sp³-hybridized carbons (Fsp3) is 0. The van der Waals surface area contributed by atoms with Gasteiger partial charge >= 0.3 is 0 Å². The van der Waals surface area contributed by atoms with Crippen LogP contribution in [0, 0.1) is 10.1 Å². The molecule has 5 nitrogen and oxygen atoms in total. The number of hydrogen-bond donors (Lipinski definition) is 1. The van der Waals surface area contributed by atoms with E-state index in [0.717, 1.165) is 20.7 Å². The maximum atomic E-state index is 10.8. The number of rotatable bonds is 3. The minimum absolute atomic E-state index is 0.0855. The Labute approximate surface area is 124 Å². The van der Waals surface area contributed by atoms with Gasteiger partial charge in [-0.25, -0.2) is 0 Å². The molecule has 2 aromatic carbocycles. The van der Waals surface area contributed by atoms with Gasteiger partial charge in [-0.3, -0.25) is 15.1 Å². The minimum atomic E-state index is -0.401. The van der Waals surface area contributed by atoms with Gasteiger partial charge < -0.3 is 5.11 Å². The highest BCUT2D eigenvalue weighted by atomic mass is 32.1. The molecule has 3 rings (SSSR count). The van der Waals surface area contributed by atoms with Crippen LogP contribution in [-0.4, -0.2) is 16.2 Å². The van der Waals surface area contributed by atoms with Crippen LogP contribution in [0.1, 0.15) is 4.88 Å². The summed E-state index contributed by atoms with van der Waals surface area (Å²) in [6.45, 7) is 0. The number of aliphatic imine (C=N–C) groups is 1. The molecule has 0 aliphatic heterocycles. The van der Waals surface area contributed by atoms with Crippen LogP contribution in [0.25, 0.3) is 10.1 Å². The van der Waals surface area contributed by atoms with Gasteiger partial charge in [-0.2, -0.15) is 0 Å². The van der Waals surface area contributed by atoms with E-state index in [0.29, 0.717) is 0 Å². The van der Waals surface area contributed by atoms with Crippen molar-refractivity contribution in [2.24, 2.45) is 4.99 Å². The molecule has 0 aliphatic rings. The Bertz CT molecular complexity index is 838. The van der Waals surface area contributed by atoms with Crippen molar-refractivity contribution in [3.05, 3.63) is 63.5 Å². The lowest BCUT2D eigenvalue weighted by molar-refractivity contribution is -0.384. The summed E-state index contributed by atoms with van der Waals surface area (Å²) < 4.78 is 0.979. The van der Waals surface area contributed by atoms with Crippen LogP contribution in [0.4, 0.5) is 11.4 Å². The van der Waals surface area contributed by atoms with E-state index in [4.69, 9.17) is 0 Å². The SMILES string of the molecule is O=[N+]([O-])c1ccc2sc(C=Nc3ccc(O)cc3)cc2c1. The lowest BCUT2D eigenvalue weighted by Gasteiger charge is -1.92. The van der Waals surface area contributed by atoms with Crippen LogP contribution >= 0.6 is 11.3 Å². The Morgan fingerprint density at radius 2 is 1.90 bits per heavy atom. The molecule has 0 spiro atoms. The first-order chi connectivity index (χ1) is 10.1. The zero-order chi connectivity index (χ0) is 14.8. The van der Waals surface area contributed by atoms with Crippen molar-refractivity contribution in [3.8, 4) is 5.75 Å². The third-order valence-corrected chi connectivity index (χ3v) is 3.97. The second kappa shape index (κ2) is 5.34. The number of nitrogens with zero attached hydrogens (tertiary/aromatic N) is 2. The largest absolute Gasteiger partial charge is 0.508 e. The van der Waals surface area contributed by atoms with Crippen molar-refractivity contribution in [2.45, 2.75) is 0 Å². The minimum Gasteiger partial charge on any atom is -0.508 e. The summed E-state index contributed by atoms with van der Waals surface area (Å²) in [4.78, 5) is 15.6. The molecular formula is C15H10N2O3S. The summed E-state index contributed by atoms with van der Waals surface area (Å²) in [5, 5.41) is 20.8. The second-order valence-corrected chi connectivity index (χ2v) is 5.52. The average Bonchev–Trinajstić information content (AvgIpc) is 2.88. The molecular weight excluding hydrogens is 288 g/mol. The van der Waals surface area contributed by atoms with Gasteiger partial charge in [0.1, 0.15) is 5.75 Å². The number of nitro groups is 1. The zero-order valence-corrected chi connectivity index (χ0v) is 11.6. The Morgan fingerprint density at radius 1 is 1.14 bits per heavy atom. The number of phenols is 1. The number of benzene rings is 2. The van der Waals surface area contributed by atoms with Crippen LogP contribution in [0.3, 0.4) is 0 Å². The predicted molar refractivity (Wildman–Crippen MR) is 83.8 cm³/mol. The maximum absolute atomic E-state index is 10.8. The van der Waals surface area contributed by atoms with Crippen molar-refractivity contribution in [1.29, 1.82) is 0 Å². The molecule has 3 aromatic rings. The Morgan fingerprint density at radius 3 is 2.62 bits per heavy atom. The summed E-state index contributed by atoms with van der Waals surface area (Å²) in [7, 11) is 0. The summed E-state index contributed by atoms with van der Waals surface area (Å²) in [6, 6.07) is 13.2. The monoisotopic (exact) mass is 298 g/mol. The molecule has 0 radical (unpaired) electrons.